The van der Waals surface area contributed by atoms with Gasteiger partial charge in [0.25, 0.3) is 0 Å². The molecule has 0 aromatic carbocycles. The van der Waals surface area contributed by atoms with E-state index in [1.54, 1.807) is 0 Å². The summed E-state index contributed by atoms with van der Waals surface area (Å²) in [6.45, 7) is 8.57. The van der Waals surface area contributed by atoms with Gasteiger partial charge in [0.1, 0.15) is 0 Å². The highest BCUT2D eigenvalue weighted by atomic mass is 15.2. The Bertz CT molecular complexity index is 365. The molecule has 0 atom stereocenters. The second kappa shape index (κ2) is 5.08. The number of aromatic nitrogens is 2. The fourth-order valence-corrected chi connectivity index (χ4v) is 1.77. The number of hydrogen-bond acceptors (Lipinski definition) is 3. The number of rotatable bonds is 6. The molecule has 4 nitrogen and oxygen atoms in total. The van der Waals surface area contributed by atoms with E-state index >= 15 is 0 Å². The Hall–Kier alpha value is -1.03. The molecule has 17 heavy (non-hydrogen) atoms. The highest BCUT2D eigenvalue weighted by molar-refractivity contribution is 5.32. The normalized spacial score (nSPS) is 15.9. The largest absolute Gasteiger partial charge is 0.353 e. The number of imidazole rings is 1. The molecule has 2 rings (SSSR count). The van der Waals surface area contributed by atoms with E-state index in [1.165, 1.54) is 12.8 Å². The predicted molar refractivity (Wildman–Crippen MR) is 71.4 cm³/mol. The molecule has 0 unspecified atom stereocenters. The van der Waals surface area contributed by atoms with E-state index in [-0.39, 0.29) is 0 Å². The predicted octanol–water partition coefficient (Wildman–Crippen LogP) is 2.11. The zero-order chi connectivity index (χ0) is 12.4. The van der Waals surface area contributed by atoms with Crippen molar-refractivity contribution in [1.29, 1.82) is 0 Å². The van der Waals surface area contributed by atoms with Gasteiger partial charge < -0.3 is 14.8 Å². The van der Waals surface area contributed by atoms with Crippen LogP contribution in [0.4, 0.5) is 5.95 Å². The third-order valence-electron chi connectivity index (χ3n) is 3.38. The van der Waals surface area contributed by atoms with Crippen LogP contribution in [0.15, 0.2) is 6.20 Å². The molecule has 1 N–H and O–H groups in total. The molecule has 0 aliphatic heterocycles. The van der Waals surface area contributed by atoms with Crippen molar-refractivity contribution in [3.8, 4) is 0 Å². The topological polar surface area (TPSA) is 33.1 Å². The van der Waals surface area contributed by atoms with Crippen LogP contribution in [-0.4, -0.2) is 40.1 Å². The maximum Gasteiger partial charge on any atom is 0.203 e. The third-order valence-corrected chi connectivity index (χ3v) is 3.38. The molecule has 0 saturated heterocycles. The zero-order valence-corrected chi connectivity index (χ0v) is 11.4. The van der Waals surface area contributed by atoms with Crippen LogP contribution in [0.3, 0.4) is 0 Å². The molecule has 1 saturated carbocycles. The van der Waals surface area contributed by atoms with Crippen molar-refractivity contribution >= 4 is 5.95 Å². The first-order valence-corrected chi connectivity index (χ1v) is 6.57. The van der Waals surface area contributed by atoms with Gasteiger partial charge in [-0.25, -0.2) is 4.98 Å². The molecule has 1 aromatic heterocycles. The van der Waals surface area contributed by atoms with E-state index < -0.39 is 0 Å². The molecule has 1 aliphatic carbocycles. The van der Waals surface area contributed by atoms with Crippen molar-refractivity contribution in [3.05, 3.63) is 11.9 Å². The summed E-state index contributed by atoms with van der Waals surface area (Å²) in [5.74, 6) is 1.04. The molecule has 0 radical (unpaired) electrons. The maximum absolute atomic E-state index is 4.55. The first kappa shape index (κ1) is 12.4. The van der Waals surface area contributed by atoms with Crippen LogP contribution in [0.2, 0.25) is 0 Å². The molecule has 0 bridgehead atoms. The van der Waals surface area contributed by atoms with Crippen LogP contribution in [0, 0.1) is 6.92 Å². The second-order valence-electron chi connectivity index (χ2n) is 5.39. The minimum Gasteiger partial charge on any atom is -0.353 e. The Morgan fingerprint density at radius 2 is 2.24 bits per heavy atom. The summed E-state index contributed by atoms with van der Waals surface area (Å²) in [7, 11) is 2.17. The van der Waals surface area contributed by atoms with Crippen molar-refractivity contribution in [2.75, 3.05) is 18.9 Å². The van der Waals surface area contributed by atoms with Gasteiger partial charge in [-0.3, -0.25) is 0 Å². The molecule has 1 fully saturated rings. The van der Waals surface area contributed by atoms with Gasteiger partial charge in [0.2, 0.25) is 5.95 Å². The van der Waals surface area contributed by atoms with E-state index in [0.717, 1.165) is 24.7 Å². The van der Waals surface area contributed by atoms with Gasteiger partial charge in [0, 0.05) is 31.4 Å². The summed E-state index contributed by atoms with van der Waals surface area (Å²) >= 11 is 0. The Balaban J connectivity index is 1.94. The van der Waals surface area contributed by atoms with Gasteiger partial charge in [-0.05, 0) is 40.7 Å². The molecule has 4 heteroatoms. The summed E-state index contributed by atoms with van der Waals surface area (Å²) in [4.78, 5) is 6.90. The van der Waals surface area contributed by atoms with Crippen LogP contribution in [0.25, 0.3) is 0 Å². The van der Waals surface area contributed by atoms with E-state index in [4.69, 9.17) is 0 Å². The van der Waals surface area contributed by atoms with Crippen LogP contribution >= 0.6 is 0 Å². The van der Waals surface area contributed by atoms with Crippen LogP contribution in [0.1, 0.15) is 32.4 Å². The minimum absolute atomic E-state index is 0.597. The average Bonchev–Trinajstić information content (AvgIpc) is 2.99. The summed E-state index contributed by atoms with van der Waals surface area (Å²) in [5, 5.41) is 3.49. The summed E-state index contributed by atoms with van der Waals surface area (Å²) in [5.41, 5.74) is 1.10. The van der Waals surface area contributed by atoms with E-state index in [9.17, 15) is 0 Å². The Morgan fingerprint density at radius 3 is 2.82 bits per heavy atom. The molecule has 0 spiro atoms. The zero-order valence-electron chi connectivity index (χ0n) is 11.4. The highest BCUT2D eigenvalue weighted by Crippen LogP contribution is 2.24. The third kappa shape index (κ3) is 3.46. The summed E-state index contributed by atoms with van der Waals surface area (Å²) in [6, 6.07) is 1.26. The monoisotopic (exact) mass is 236 g/mol. The van der Waals surface area contributed by atoms with Gasteiger partial charge in [0.15, 0.2) is 0 Å². The summed E-state index contributed by atoms with van der Waals surface area (Å²) in [6.07, 6.45) is 4.72. The van der Waals surface area contributed by atoms with E-state index in [2.05, 4.69) is 53.8 Å². The SMILES string of the molecule is Cc1cn(CCN(C)C(C)C)c(NC2CC2)n1. The van der Waals surface area contributed by atoms with Crippen molar-refractivity contribution < 1.29 is 0 Å². The van der Waals surface area contributed by atoms with Gasteiger partial charge in [-0.2, -0.15) is 0 Å². The number of nitrogens with zero attached hydrogens (tertiary/aromatic N) is 3. The number of anilines is 1. The number of likely N-dealkylation sites (N-methyl/N-ethyl adjacent to an activating group) is 1. The second-order valence-corrected chi connectivity index (χ2v) is 5.39. The maximum atomic E-state index is 4.55. The van der Waals surface area contributed by atoms with Crippen molar-refractivity contribution in [2.24, 2.45) is 0 Å². The molecule has 1 heterocycles. The molecule has 1 aliphatic rings. The van der Waals surface area contributed by atoms with Crippen molar-refractivity contribution in [1.82, 2.24) is 14.5 Å². The first-order valence-electron chi connectivity index (χ1n) is 6.57. The van der Waals surface area contributed by atoms with E-state index in [0.29, 0.717) is 12.1 Å². The quantitative estimate of drug-likeness (QED) is 0.821. The lowest BCUT2D eigenvalue weighted by molar-refractivity contribution is 0.263. The molecular formula is C13H24N4. The first-order chi connectivity index (χ1) is 8.06. The lowest BCUT2D eigenvalue weighted by Crippen LogP contribution is -2.30. The van der Waals surface area contributed by atoms with Crippen LogP contribution < -0.4 is 5.32 Å². The number of aryl methyl sites for hydroxylation is 1. The molecule has 1 aromatic rings. The Morgan fingerprint density at radius 1 is 1.53 bits per heavy atom. The smallest absolute Gasteiger partial charge is 0.203 e. The summed E-state index contributed by atoms with van der Waals surface area (Å²) < 4.78 is 2.24. The lowest BCUT2D eigenvalue weighted by Gasteiger charge is -2.21. The van der Waals surface area contributed by atoms with Crippen molar-refractivity contribution in [2.45, 2.75) is 52.2 Å². The van der Waals surface area contributed by atoms with Crippen LogP contribution in [-0.2, 0) is 6.54 Å². The Labute approximate surface area is 104 Å². The van der Waals surface area contributed by atoms with Crippen LogP contribution in [0.5, 0.6) is 0 Å². The van der Waals surface area contributed by atoms with E-state index in [1.807, 2.05) is 0 Å². The minimum atomic E-state index is 0.597. The van der Waals surface area contributed by atoms with Gasteiger partial charge >= 0.3 is 0 Å². The molecule has 96 valence electrons. The van der Waals surface area contributed by atoms with Gasteiger partial charge in [-0.1, -0.05) is 0 Å². The highest BCUT2D eigenvalue weighted by Gasteiger charge is 2.23. The number of hydrogen-bond donors (Lipinski definition) is 1. The fraction of sp³-hybridized carbons (Fsp3) is 0.769. The average molecular weight is 236 g/mol. The fourth-order valence-electron chi connectivity index (χ4n) is 1.77. The van der Waals surface area contributed by atoms with Gasteiger partial charge in [-0.15, -0.1) is 0 Å². The lowest BCUT2D eigenvalue weighted by atomic mass is 10.3. The number of nitrogens with one attached hydrogen (secondary N) is 1. The molecule has 0 amide bonds. The Kier molecular flexibility index (Phi) is 3.72. The molecular weight excluding hydrogens is 212 g/mol. The van der Waals surface area contributed by atoms with Crippen molar-refractivity contribution in [3.63, 3.8) is 0 Å². The standard InChI is InChI=1S/C13H24N4/c1-10(2)16(4)7-8-17-9-11(3)14-13(17)15-12-5-6-12/h9-10,12H,5-8H2,1-4H3,(H,14,15). The van der Waals surface area contributed by atoms with Gasteiger partial charge in [0.05, 0.1) is 5.69 Å².